The van der Waals surface area contributed by atoms with Gasteiger partial charge in [0, 0.05) is 16.0 Å². The van der Waals surface area contributed by atoms with Crippen molar-refractivity contribution < 1.29 is 36.6 Å². The van der Waals surface area contributed by atoms with E-state index in [2.05, 4.69) is 9.84 Å². The summed E-state index contributed by atoms with van der Waals surface area (Å²) in [5.41, 5.74) is 1.44. The number of aryl methyl sites for hydroxylation is 1. The SMILES string of the molecule is Cc1cc(SCc2nn(-c3ccc(OC(F)(F)F)cc3)c3c(F)cccc23)ccc1OCC(=O)OC(C)(C)C. The lowest BCUT2D eigenvalue weighted by Crippen LogP contribution is -2.27. The Bertz CT molecular complexity index is 1480. The van der Waals surface area contributed by atoms with Gasteiger partial charge >= 0.3 is 12.3 Å². The van der Waals surface area contributed by atoms with E-state index in [1.807, 2.05) is 19.1 Å². The zero-order valence-electron chi connectivity index (χ0n) is 21.6. The molecule has 0 aliphatic carbocycles. The fourth-order valence-electron chi connectivity index (χ4n) is 3.80. The molecule has 0 unspecified atom stereocenters. The van der Waals surface area contributed by atoms with Gasteiger partial charge in [-0.1, -0.05) is 12.1 Å². The average molecular weight is 563 g/mol. The smallest absolute Gasteiger partial charge is 0.482 e. The quantitative estimate of drug-likeness (QED) is 0.127. The molecule has 0 aliphatic heterocycles. The van der Waals surface area contributed by atoms with E-state index in [4.69, 9.17) is 9.47 Å². The van der Waals surface area contributed by atoms with Gasteiger partial charge < -0.3 is 14.2 Å². The van der Waals surface area contributed by atoms with Gasteiger partial charge in [-0.3, -0.25) is 0 Å². The van der Waals surface area contributed by atoms with Crippen LogP contribution in [0.5, 0.6) is 11.5 Å². The summed E-state index contributed by atoms with van der Waals surface area (Å²) in [6.45, 7) is 7.01. The summed E-state index contributed by atoms with van der Waals surface area (Å²) in [5, 5.41) is 5.16. The Balaban J connectivity index is 1.50. The lowest BCUT2D eigenvalue weighted by Gasteiger charge is -2.19. The first-order valence-electron chi connectivity index (χ1n) is 11.9. The van der Waals surface area contributed by atoms with Gasteiger partial charge in [-0.05, 0) is 81.8 Å². The number of carbonyl (C=O) groups excluding carboxylic acids is 1. The van der Waals surface area contributed by atoms with Crippen LogP contribution in [0.25, 0.3) is 16.6 Å². The molecule has 0 bridgehead atoms. The van der Waals surface area contributed by atoms with Gasteiger partial charge in [0.05, 0.1) is 11.4 Å². The number of alkyl halides is 3. The molecule has 11 heteroatoms. The van der Waals surface area contributed by atoms with Crippen molar-refractivity contribution in [1.82, 2.24) is 9.78 Å². The topological polar surface area (TPSA) is 62.6 Å². The third-order valence-electron chi connectivity index (χ3n) is 5.33. The third-order valence-corrected chi connectivity index (χ3v) is 6.34. The van der Waals surface area contributed by atoms with Crippen LogP contribution in [0.1, 0.15) is 32.0 Å². The highest BCUT2D eigenvalue weighted by atomic mass is 32.2. The predicted molar refractivity (Wildman–Crippen MR) is 140 cm³/mol. The highest BCUT2D eigenvalue weighted by Gasteiger charge is 2.31. The standard InChI is InChI=1S/C28H26F4N2O4S/c1-17-14-20(12-13-24(17)36-15-25(35)38-27(2,3)4)39-16-23-21-6-5-7-22(29)26(21)34(33-23)18-8-10-19(11-9-18)37-28(30,31)32/h5-14H,15-16H2,1-4H3. The molecule has 39 heavy (non-hydrogen) atoms. The maximum absolute atomic E-state index is 14.8. The van der Waals surface area contributed by atoms with Crippen molar-refractivity contribution in [3.05, 3.63) is 77.7 Å². The van der Waals surface area contributed by atoms with Crippen molar-refractivity contribution in [2.24, 2.45) is 0 Å². The molecule has 0 saturated carbocycles. The zero-order valence-corrected chi connectivity index (χ0v) is 22.5. The number of para-hydroxylation sites is 1. The summed E-state index contributed by atoms with van der Waals surface area (Å²) < 4.78 is 68.5. The first kappa shape index (κ1) is 28.3. The van der Waals surface area contributed by atoms with Crippen molar-refractivity contribution >= 4 is 28.6 Å². The van der Waals surface area contributed by atoms with Crippen LogP contribution < -0.4 is 9.47 Å². The average Bonchev–Trinajstić information content (AvgIpc) is 3.20. The summed E-state index contributed by atoms with van der Waals surface area (Å²) >= 11 is 1.48. The summed E-state index contributed by atoms with van der Waals surface area (Å²) in [7, 11) is 0. The van der Waals surface area contributed by atoms with E-state index in [-0.39, 0.29) is 17.9 Å². The number of esters is 1. The van der Waals surface area contributed by atoms with Crippen LogP contribution in [0, 0.1) is 12.7 Å². The number of hydrogen-bond donors (Lipinski definition) is 0. The maximum Gasteiger partial charge on any atom is 0.573 e. The number of fused-ring (bicyclic) bond motifs is 1. The Hall–Kier alpha value is -3.73. The lowest BCUT2D eigenvalue weighted by molar-refractivity contribution is -0.274. The van der Waals surface area contributed by atoms with Gasteiger partial charge in [-0.15, -0.1) is 24.9 Å². The normalized spacial score (nSPS) is 12.0. The Labute approximate surface area is 226 Å². The summed E-state index contributed by atoms with van der Waals surface area (Å²) in [4.78, 5) is 12.8. The molecular formula is C28H26F4N2O4S. The highest BCUT2D eigenvalue weighted by Crippen LogP contribution is 2.32. The summed E-state index contributed by atoms with van der Waals surface area (Å²) in [6, 6.07) is 15.2. The molecule has 0 spiro atoms. The number of nitrogens with zero attached hydrogens (tertiary/aromatic N) is 2. The van der Waals surface area contributed by atoms with Gasteiger partial charge in [0.2, 0.25) is 0 Å². The van der Waals surface area contributed by atoms with Gasteiger partial charge in [-0.2, -0.15) is 5.10 Å². The first-order chi connectivity index (χ1) is 18.3. The Morgan fingerprint density at radius 2 is 1.74 bits per heavy atom. The Kier molecular flexibility index (Phi) is 8.10. The van der Waals surface area contributed by atoms with Gasteiger partial charge in [0.25, 0.3) is 0 Å². The Morgan fingerprint density at radius 1 is 1.03 bits per heavy atom. The third kappa shape index (κ3) is 7.44. The van der Waals surface area contributed by atoms with Crippen LogP contribution in [0.15, 0.2) is 65.6 Å². The number of thioether (sulfide) groups is 1. The molecule has 6 nitrogen and oxygen atoms in total. The fraction of sp³-hybridized carbons (Fsp3) is 0.286. The monoisotopic (exact) mass is 562 g/mol. The predicted octanol–water partition coefficient (Wildman–Crippen LogP) is 7.38. The first-order valence-corrected chi connectivity index (χ1v) is 12.9. The van der Waals surface area contributed by atoms with Crippen LogP contribution >= 0.6 is 11.8 Å². The minimum Gasteiger partial charge on any atom is -0.482 e. The molecule has 0 amide bonds. The lowest BCUT2D eigenvalue weighted by atomic mass is 10.2. The van der Waals surface area contributed by atoms with Crippen LogP contribution in [0.4, 0.5) is 17.6 Å². The molecule has 1 aromatic heterocycles. The van der Waals surface area contributed by atoms with E-state index in [0.29, 0.717) is 28.3 Å². The second kappa shape index (κ2) is 11.2. The molecule has 4 aromatic rings. The minimum absolute atomic E-state index is 0.205. The van der Waals surface area contributed by atoms with Crippen molar-refractivity contribution in [3.63, 3.8) is 0 Å². The highest BCUT2D eigenvalue weighted by molar-refractivity contribution is 7.98. The molecular weight excluding hydrogens is 536 g/mol. The van der Waals surface area contributed by atoms with Crippen LogP contribution in [-0.2, 0) is 15.3 Å². The van der Waals surface area contributed by atoms with Crippen molar-refractivity contribution in [2.45, 2.75) is 50.3 Å². The minimum atomic E-state index is -4.81. The number of rotatable bonds is 8. The second-order valence-corrected chi connectivity index (χ2v) is 10.7. The van der Waals surface area contributed by atoms with Crippen molar-refractivity contribution in [2.75, 3.05) is 6.61 Å². The Morgan fingerprint density at radius 3 is 2.38 bits per heavy atom. The number of benzene rings is 3. The fourth-order valence-corrected chi connectivity index (χ4v) is 4.74. The van der Waals surface area contributed by atoms with Crippen molar-refractivity contribution in [1.29, 1.82) is 0 Å². The molecule has 1 heterocycles. The largest absolute Gasteiger partial charge is 0.573 e. The zero-order chi connectivity index (χ0) is 28.4. The molecule has 206 valence electrons. The second-order valence-electron chi connectivity index (χ2n) is 9.63. The summed E-state index contributed by atoms with van der Waals surface area (Å²) in [5.74, 6) is -0.390. The molecule has 0 atom stereocenters. The number of carbonyl (C=O) groups is 1. The number of aromatic nitrogens is 2. The van der Waals surface area contributed by atoms with E-state index in [0.717, 1.165) is 22.6 Å². The number of ether oxygens (including phenoxy) is 3. The van der Waals surface area contributed by atoms with Gasteiger partial charge in [-0.25, -0.2) is 13.9 Å². The molecule has 0 saturated heterocycles. The van der Waals surface area contributed by atoms with Crippen LogP contribution in [0.3, 0.4) is 0 Å². The van der Waals surface area contributed by atoms with Crippen LogP contribution in [0.2, 0.25) is 0 Å². The van der Waals surface area contributed by atoms with E-state index in [9.17, 15) is 22.4 Å². The number of hydrogen-bond acceptors (Lipinski definition) is 6. The van der Waals surface area contributed by atoms with Crippen molar-refractivity contribution in [3.8, 4) is 17.2 Å². The molecule has 3 aromatic carbocycles. The van der Waals surface area contributed by atoms with Gasteiger partial charge in [0.1, 0.15) is 28.4 Å². The van der Waals surface area contributed by atoms with E-state index >= 15 is 0 Å². The maximum atomic E-state index is 14.8. The summed E-state index contributed by atoms with van der Waals surface area (Å²) in [6.07, 6.45) is -4.81. The molecule has 0 aliphatic rings. The van der Waals surface area contributed by atoms with E-state index < -0.39 is 23.7 Å². The molecule has 4 rings (SSSR count). The molecule has 0 radical (unpaired) electrons. The van der Waals surface area contributed by atoms with E-state index in [1.165, 1.54) is 34.6 Å². The van der Waals surface area contributed by atoms with Gasteiger partial charge in [0.15, 0.2) is 6.61 Å². The molecule has 0 fully saturated rings. The van der Waals surface area contributed by atoms with Crippen LogP contribution in [-0.4, -0.2) is 34.3 Å². The van der Waals surface area contributed by atoms with E-state index in [1.54, 1.807) is 39.0 Å². The molecule has 0 N–H and O–H groups in total. The number of halogens is 4.